The van der Waals surface area contributed by atoms with E-state index in [0.717, 1.165) is 47.5 Å². The van der Waals surface area contributed by atoms with Gasteiger partial charge >= 0.3 is 0 Å². The number of anilines is 5. The van der Waals surface area contributed by atoms with Crippen LogP contribution in [0.25, 0.3) is 0 Å². The number of carbonyl (C=O) groups is 2. The third kappa shape index (κ3) is 6.14. The molecule has 0 atom stereocenters. The van der Waals surface area contributed by atoms with Crippen LogP contribution in [-0.2, 0) is 17.6 Å². The Morgan fingerprint density at radius 1 is 1.07 bits per heavy atom. The number of nitrogens with zero attached hydrogens (tertiary/aromatic N) is 5. The molecule has 0 saturated carbocycles. The van der Waals surface area contributed by atoms with Crippen molar-refractivity contribution < 1.29 is 14.0 Å². The number of hydrogen-bond donors (Lipinski definition) is 3. The minimum atomic E-state index is -0.146. The molecule has 0 radical (unpaired) electrons. The first-order chi connectivity index (χ1) is 19.9. The number of amides is 2. The average molecular weight is 573 g/mol. The van der Waals surface area contributed by atoms with Crippen LogP contribution >= 0.6 is 11.6 Å². The van der Waals surface area contributed by atoms with Gasteiger partial charge in [-0.2, -0.15) is 4.98 Å². The van der Waals surface area contributed by atoms with E-state index >= 15 is 0 Å². The second-order valence-electron chi connectivity index (χ2n) is 10.3. The molecule has 210 valence electrons. The molecule has 1 aromatic carbocycles. The third-order valence-electron chi connectivity index (χ3n) is 7.44. The monoisotopic (exact) mass is 572 g/mol. The lowest BCUT2D eigenvalue weighted by atomic mass is 9.93. The van der Waals surface area contributed by atoms with Crippen molar-refractivity contribution in [2.24, 2.45) is 5.92 Å². The normalized spacial score (nSPS) is 15.0. The van der Waals surface area contributed by atoms with Crippen molar-refractivity contribution in [3.8, 4) is 0 Å². The topological polar surface area (TPSA) is 138 Å². The predicted molar refractivity (Wildman–Crippen MR) is 155 cm³/mol. The van der Waals surface area contributed by atoms with Crippen LogP contribution in [0.2, 0.25) is 5.02 Å². The first-order valence-corrected chi connectivity index (χ1v) is 13.9. The van der Waals surface area contributed by atoms with Gasteiger partial charge in [-0.05, 0) is 73.9 Å². The van der Waals surface area contributed by atoms with Gasteiger partial charge in [0, 0.05) is 37.1 Å². The quantitative estimate of drug-likeness (QED) is 0.298. The number of aryl methyl sites for hydroxylation is 3. The highest BCUT2D eigenvalue weighted by Crippen LogP contribution is 2.30. The van der Waals surface area contributed by atoms with Crippen LogP contribution in [0.1, 0.15) is 46.6 Å². The third-order valence-corrected chi connectivity index (χ3v) is 7.71. The van der Waals surface area contributed by atoms with Gasteiger partial charge in [-0.1, -0.05) is 11.6 Å². The predicted octanol–water partition coefficient (Wildman–Crippen LogP) is 5.29. The Morgan fingerprint density at radius 2 is 1.93 bits per heavy atom. The molecule has 41 heavy (non-hydrogen) atoms. The summed E-state index contributed by atoms with van der Waals surface area (Å²) < 4.78 is 5.26. The second kappa shape index (κ2) is 11.5. The van der Waals surface area contributed by atoms with Crippen LogP contribution < -0.4 is 16.0 Å². The number of likely N-dealkylation sites (tertiary alicyclic amines) is 1. The van der Waals surface area contributed by atoms with E-state index in [0.29, 0.717) is 48.4 Å². The smallest absolute Gasteiger partial charge is 0.291 e. The molecule has 0 unspecified atom stereocenters. The maximum atomic E-state index is 13.1. The lowest BCUT2D eigenvalue weighted by Gasteiger charge is -2.31. The highest BCUT2D eigenvalue weighted by molar-refractivity contribution is 6.32. The van der Waals surface area contributed by atoms with Gasteiger partial charge in [0.05, 0.1) is 23.8 Å². The van der Waals surface area contributed by atoms with Crippen molar-refractivity contribution in [2.45, 2.75) is 39.0 Å². The fourth-order valence-corrected chi connectivity index (χ4v) is 5.35. The molecule has 3 N–H and O–H groups in total. The van der Waals surface area contributed by atoms with Crippen LogP contribution in [0, 0.1) is 12.8 Å². The van der Waals surface area contributed by atoms with Gasteiger partial charge in [0.1, 0.15) is 5.02 Å². The Bertz CT molecular complexity index is 1600. The first kappa shape index (κ1) is 26.7. The number of rotatable bonds is 4. The molecule has 1 fully saturated rings. The van der Waals surface area contributed by atoms with Gasteiger partial charge in [-0.25, -0.2) is 9.97 Å². The zero-order valence-electron chi connectivity index (χ0n) is 22.5. The van der Waals surface area contributed by atoms with E-state index in [2.05, 4.69) is 35.9 Å². The van der Waals surface area contributed by atoms with Crippen molar-refractivity contribution in [3.63, 3.8) is 0 Å². The number of nitrogens with one attached hydrogen (secondary N) is 3. The van der Waals surface area contributed by atoms with E-state index in [1.165, 1.54) is 6.39 Å². The minimum absolute atomic E-state index is 0.0444. The Hall–Kier alpha value is -4.51. The number of halogens is 1. The summed E-state index contributed by atoms with van der Waals surface area (Å²) in [6.07, 6.45) is 9.69. The van der Waals surface area contributed by atoms with E-state index < -0.39 is 0 Å². The summed E-state index contributed by atoms with van der Waals surface area (Å²) in [5, 5.41) is 9.98. The summed E-state index contributed by atoms with van der Waals surface area (Å²) in [4.78, 5) is 44.8. The lowest BCUT2D eigenvalue weighted by Crippen LogP contribution is -2.39. The summed E-state index contributed by atoms with van der Waals surface area (Å²) in [6, 6.07) is 7.81. The van der Waals surface area contributed by atoms with E-state index in [9.17, 15) is 9.59 Å². The van der Waals surface area contributed by atoms with E-state index in [-0.39, 0.29) is 23.5 Å². The SMILES string of the molecule is Cc1ncoc1C(=O)N1CCC(CC(=O)Nc2ccc3cc2CCc2cncc(c2)Nc2ncc(Cl)c(n2)N3)CC1. The van der Waals surface area contributed by atoms with Crippen molar-refractivity contribution >= 4 is 52.2 Å². The van der Waals surface area contributed by atoms with E-state index in [1.807, 2.05) is 30.5 Å². The van der Waals surface area contributed by atoms with Crippen molar-refractivity contribution in [2.75, 3.05) is 29.0 Å². The molecule has 2 aliphatic heterocycles. The van der Waals surface area contributed by atoms with Gasteiger partial charge < -0.3 is 25.3 Å². The Balaban J connectivity index is 1.14. The number of pyridine rings is 1. The maximum Gasteiger partial charge on any atom is 0.291 e. The largest absolute Gasteiger partial charge is 0.438 e. The number of fused-ring (bicyclic) bond motifs is 6. The minimum Gasteiger partial charge on any atom is -0.438 e. The molecule has 4 aromatic rings. The molecule has 1 saturated heterocycles. The summed E-state index contributed by atoms with van der Waals surface area (Å²) in [5.41, 5.74) is 4.95. The molecule has 11 nitrogen and oxygen atoms in total. The van der Waals surface area contributed by atoms with Gasteiger partial charge in [-0.15, -0.1) is 0 Å². The summed E-state index contributed by atoms with van der Waals surface area (Å²) in [5.74, 6) is 1.16. The average Bonchev–Trinajstić information content (AvgIpc) is 3.40. The van der Waals surface area contributed by atoms with Crippen LogP contribution in [0.4, 0.5) is 28.8 Å². The van der Waals surface area contributed by atoms with Gasteiger partial charge in [0.2, 0.25) is 17.6 Å². The number of carbonyl (C=O) groups excluding carboxylic acids is 2. The molecule has 3 aromatic heterocycles. The van der Waals surface area contributed by atoms with Gasteiger partial charge in [0.25, 0.3) is 5.91 Å². The molecule has 6 bridgehead atoms. The molecule has 12 heteroatoms. The van der Waals surface area contributed by atoms with Crippen molar-refractivity contribution in [1.29, 1.82) is 0 Å². The molecule has 2 amide bonds. The Morgan fingerprint density at radius 3 is 2.73 bits per heavy atom. The van der Waals surface area contributed by atoms with Gasteiger partial charge in [0.15, 0.2) is 12.2 Å². The summed E-state index contributed by atoms with van der Waals surface area (Å²) >= 11 is 6.37. The van der Waals surface area contributed by atoms with Crippen LogP contribution in [0.3, 0.4) is 0 Å². The highest BCUT2D eigenvalue weighted by atomic mass is 35.5. The van der Waals surface area contributed by atoms with Crippen molar-refractivity contribution in [1.82, 2.24) is 24.8 Å². The molecular weight excluding hydrogens is 544 g/mol. The number of hydrogen-bond acceptors (Lipinski definition) is 9. The molecule has 2 aliphatic rings. The second-order valence-corrected chi connectivity index (χ2v) is 10.8. The molecule has 0 aliphatic carbocycles. The maximum absolute atomic E-state index is 13.1. The van der Waals surface area contributed by atoms with Crippen LogP contribution in [-0.4, -0.2) is 49.7 Å². The standard InChI is InChI=1S/C29H29ClN8O3/c1-17-26(41-16-33-17)28(40)38-8-6-18(7-9-38)11-25(39)36-24-5-4-21-12-20(24)3-2-19-10-22(14-31-13-19)35-29-32-15-23(30)27(34-21)37-29/h4-5,10,12-16,18H,2-3,6-9,11H2,1H3,(H,36,39)(H2,32,34,35,37). The zero-order valence-corrected chi connectivity index (χ0v) is 23.2. The number of benzene rings is 1. The Labute approximate surface area is 241 Å². The summed E-state index contributed by atoms with van der Waals surface area (Å²) in [6.45, 7) is 2.92. The van der Waals surface area contributed by atoms with E-state index in [4.69, 9.17) is 16.0 Å². The molecule has 6 rings (SSSR count). The highest BCUT2D eigenvalue weighted by Gasteiger charge is 2.28. The Kier molecular flexibility index (Phi) is 7.51. The number of piperidine rings is 1. The van der Waals surface area contributed by atoms with Crippen LogP contribution in [0.15, 0.2) is 53.7 Å². The van der Waals surface area contributed by atoms with Crippen LogP contribution in [0.5, 0.6) is 0 Å². The number of oxazole rings is 1. The lowest BCUT2D eigenvalue weighted by molar-refractivity contribution is -0.117. The summed E-state index contributed by atoms with van der Waals surface area (Å²) in [7, 11) is 0. The molecule has 0 spiro atoms. The fraction of sp³-hybridized carbons (Fsp3) is 0.310. The van der Waals surface area contributed by atoms with Crippen molar-refractivity contribution in [3.05, 3.63) is 76.9 Å². The number of aromatic nitrogens is 4. The van der Waals surface area contributed by atoms with E-state index in [1.54, 1.807) is 24.2 Å². The first-order valence-electron chi connectivity index (χ1n) is 13.5. The van der Waals surface area contributed by atoms with Gasteiger partial charge in [-0.3, -0.25) is 14.6 Å². The molecular formula is C29H29ClN8O3. The fourth-order valence-electron chi connectivity index (χ4n) is 5.21. The zero-order chi connectivity index (χ0) is 28.3. The molecule has 5 heterocycles.